The molecule has 1 N–H and O–H groups in total. The molecule has 4 rings (SSSR count). The van der Waals surface area contributed by atoms with E-state index in [0.29, 0.717) is 32.4 Å². The Kier molecular flexibility index (Phi) is 7.36. The number of likely N-dealkylation sites (tertiary alicyclic amines) is 1. The minimum atomic E-state index is -0.977. The van der Waals surface area contributed by atoms with Crippen molar-refractivity contribution < 1.29 is 24.3 Å². The van der Waals surface area contributed by atoms with Crippen LogP contribution in [0.4, 0.5) is 0 Å². The van der Waals surface area contributed by atoms with E-state index in [9.17, 15) is 9.59 Å². The summed E-state index contributed by atoms with van der Waals surface area (Å²) < 4.78 is 5.33. The Labute approximate surface area is 187 Å². The Bertz CT molecular complexity index is 856. The van der Waals surface area contributed by atoms with Crippen molar-refractivity contribution in [3.05, 3.63) is 35.4 Å². The highest BCUT2D eigenvalue weighted by Crippen LogP contribution is 2.22. The lowest BCUT2D eigenvalue weighted by atomic mass is 10.0. The van der Waals surface area contributed by atoms with E-state index in [1.807, 2.05) is 30.5 Å². The Morgan fingerprint density at radius 3 is 2.53 bits per heavy atom. The maximum Gasteiger partial charge on any atom is 0.329 e. The van der Waals surface area contributed by atoms with Crippen LogP contribution in [0.5, 0.6) is 0 Å². The van der Waals surface area contributed by atoms with Crippen LogP contribution in [0.3, 0.4) is 0 Å². The summed E-state index contributed by atoms with van der Waals surface area (Å²) in [4.78, 5) is 30.6. The van der Waals surface area contributed by atoms with E-state index in [4.69, 9.17) is 14.7 Å². The zero-order valence-corrected chi connectivity index (χ0v) is 18.2. The van der Waals surface area contributed by atoms with Crippen LogP contribution in [0.15, 0.2) is 34.5 Å². The first-order valence-corrected chi connectivity index (χ1v) is 11.3. The van der Waals surface area contributed by atoms with Crippen molar-refractivity contribution >= 4 is 23.8 Å². The number of carbonyl (C=O) groups is 2. The summed E-state index contributed by atoms with van der Waals surface area (Å²) in [5.74, 6) is -1.06. The highest BCUT2D eigenvalue weighted by molar-refractivity contribution is 6.04. The predicted octanol–water partition coefficient (Wildman–Crippen LogP) is 2.09. The molecule has 3 heterocycles. The van der Waals surface area contributed by atoms with E-state index in [-0.39, 0.29) is 18.6 Å². The molecule has 9 heteroatoms. The topological polar surface area (TPSA) is 104 Å². The number of carboxylic acids is 1. The molecule has 0 aliphatic carbocycles. The first kappa shape index (κ1) is 22.3. The molecule has 0 radical (unpaired) electrons. The molecule has 1 amide bonds. The third kappa shape index (κ3) is 5.85. The fourth-order valence-corrected chi connectivity index (χ4v) is 4.22. The number of carboxylic acid groups (broad SMARTS) is 1. The van der Waals surface area contributed by atoms with Crippen LogP contribution in [-0.4, -0.2) is 83.8 Å². The number of hydrogen-bond acceptors (Lipinski definition) is 7. The predicted molar refractivity (Wildman–Crippen MR) is 119 cm³/mol. The number of hydrazone groups is 1. The van der Waals surface area contributed by atoms with Crippen molar-refractivity contribution in [3.8, 4) is 0 Å². The molecule has 9 nitrogen and oxygen atoms in total. The molecule has 2 fully saturated rings. The molecule has 0 spiro atoms. The van der Waals surface area contributed by atoms with E-state index in [1.165, 1.54) is 19.3 Å². The van der Waals surface area contributed by atoms with E-state index in [1.54, 1.807) is 4.90 Å². The minimum Gasteiger partial charge on any atom is -0.480 e. The van der Waals surface area contributed by atoms with Gasteiger partial charge in [0.25, 0.3) is 5.91 Å². The number of piperidine rings is 2. The molecule has 172 valence electrons. The van der Waals surface area contributed by atoms with E-state index in [2.05, 4.69) is 15.3 Å². The number of rotatable bonds is 7. The molecule has 3 aliphatic rings. The smallest absolute Gasteiger partial charge is 0.329 e. The summed E-state index contributed by atoms with van der Waals surface area (Å²) in [5.41, 5.74) is 2.73. The number of carbonyl (C=O) groups excluding carboxylic acids is 1. The second-order valence-corrected chi connectivity index (χ2v) is 8.45. The number of ether oxygens (including phenoxy) is 1. The summed E-state index contributed by atoms with van der Waals surface area (Å²) in [6.45, 7) is 2.80. The van der Waals surface area contributed by atoms with Crippen LogP contribution in [0, 0.1) is 0 Å². The van der Waals surface area contributed by atoms with Gasteiger partial charge in [-0.25, -0.2) is 4.79 Å². The SMILES string of the molecule is O=C(O)COC1CCN(C(=O)C2CC(c3ccc(C=NN4CCCCC4)cc3)=NO2)CC1. The first-order valence-electron chi connectivity index (χ1n) is 11.3. The van der Waals surface area contributed by atoms with E-state index in [0.717, 1.165) is 29.9 Å². The van der Waals surface area contributed by atoms with Crippen LogP contribution in [0.2, 0.25) is 0 Å². The number of hydrogen-bond donors (Lipinski definition) is 1. The van der Waals surface area contributed by atoms with Gasteiger partial charge in [0.1, 0.15) is 6.61 Å². The van der Waals surface area contributed by atoms with Crippen LogP contribution < -0.4 is 0 Å². The van der Waals surface area contributed by atoms with Crippen molar-refractivity contribution in [2.75, 3.05) is 32.8 Å². The Hall–Kier alpha value is -2.94. The van der Waals surface area contributed by atoms with Gasteiger partial charge in [-0.2, -0.15) is 5.10 Å². The molecule has 1 unspecified atom stereocenters. The van der Waals surface area contributed by atoms with Crippen molar-refractivity contribution in [1.82, 2.24) is 9.91 Å². The average Bonchev–Trinajstić information content (AvgIpc) is 3.33. The molecule has 3 aliphatic heterocycles. The third-order valence-corrected chi connectivity index (χ3v) is 6.09. The van der Waals surface area contributed by atoms with Crippen molar-refractivity contribution in [1.29, 1.82) is 0 Å². The van der Waals surface area contributed by atoms with Crippen molar-refractivity contribution in [2.45, 2.75) is 50.7 Å². The van der Waals surface area contributed by atoms with Crippen LogP contribution in [0.1, 0.15) is 49.7 Å². The Balaban J connectivity index is 1.24. The molecule has 1 atom stereocenters. The lowest BCUT2D eigenvalue weighted by molar-refractivity contribution is -0.149. The van der Waals surface area contributed by atoms with Gasteiger partial charge in [-0.15, -0.1) is 0 Å². The highest BCUT2D eigenvalue weighted by Gasteiger charge is 2.34. The lowest BCUT2D eigenvalue weighted by Gasteiger charge is -2.32. The van der Waals surface area contributed by atoms with Crippen LogP contribution in [0.25, 0.3) is 0 Å². The molecule has 2 saturated heterocycles. The third-order valence-electron chi connectivity index (χ3n) is 6.09. The van der Waals surface area contributed by atoms with Gasteiger partial charge in [0.2, 0.25) is 6.10 Å². The Morgan fingerprint density at radius 2 is 1.84 bits per heavy atom. The molecule has 1 aromatic rings. The molecular formula is C23H30N4O5. The van der Waals surface area contributed by atoms with Crippen molar-refractivity contribution in [2.24, 2.45) is 10.3 Å². The van der Waals surface area contributed by atoms with E-state index >= 15 is 0 Å². The van der Waals surface area contributed by atoms with Crippen LogP contribution in [-0.2, 0) is 19.2 Å². The fraction of sp³-hybridized carbons (Fsp3) is 0.565. The monoisotopic (exact) mass is 442 g/mol. The molecule has 1 aromatic carbocycles. The minimum absolute atomic E-state index is 0.0780. The number of nitrogens with zero attached hydrogens (tertiary/aromatic N) is 4. The average molecular weight is 443 g/mol. The summed E-state index contributed by atoms with van der Waals surface area (Å²) in [5, 5.41) is 19.5. The van der Waals surface area contributed by atoms with Gasteiger partial charge in [-0.3, -0.25) is 9.80 Å². The summed E-state index contributed by atoms with van der Waals surface area (Å²) in [6, 6.07) is 7.97. The van der Waals surface area contributed by atoms with E-state index < -0.39 is 12.1 Å². The number of aliphatic carboxylic acids is 1. The molecule has 0 aromatic heterocycles. The second kappa shape index (κ2) is 10.6. The van der Waals surface area contributed by atoms with Gasteiger partial charge in [0, 0.05) is 32.6 Å². The maximum atomic E-state index is 12.8. The maximum absolute atomic E-state index is 12.8. The molecule has 0 saturated carbocycles. The quantitative estimate of drug-likeness (QED) is 0.649. The standard InChI is InChI=1S/C23H30N4O5/c28-22(29)16-31-19-8-12-26(13-9-19)23(30)21-14-20(25-32-21)18-6-4-17(5-7-18)15-24-27-10-2-1-3-11-27/h4-7,15,19,21H,1-3,8-14,16H2,(H,28,29). The van der Waals surface area contributed by atoms with Crippen LogP contribution >= 0.6 is 0 Å². The molecular weight excluding hydrogens is 412 g/mol. The summed E-state index contributed by atoms with van der Waals surface area (Å²) in [6.07, 6.45) is 6.53. The van der Waals surface area contributed by atoms with Gasteiger partial charge in [0.15, 0.2) is 0 Å². The number of oxime groups is 1. The van der Waals surface area contributed by atoms with Gasteiger partial charge < -0.3 is 19.6 Å². The number of benzene rings is 1. The Morgan fingerprint density at radius 1 is 1.12 bits per heavy atom. The first-order chi connectivity index (χ1) is 15.6. The summed E-state index contributed by atoms with van der Waals surface area (Å²) >= 11 is 0. The fourth-order valence-electron chi connectivity index (χ4n) is 4.22. The normalized spacial score (nSPS) is 22.1. The zero-order valence-electron chi connectivity index (χ0n) is 18.2. The highest BCUT2D eigenvalue weighted by atomic mass is 16.6. The number of amides is 1. The molecule has 0 bridgehead atoms. The summed E-state index contributed by atoms with van der Waals surface area (Å²) in [7, 11) is 0. The van der Waals surface area contributed by atoms with Gasteiger partial charge in [-0.1, -0.05) is 29.4 Å². The largest absolute Gasteiger partial charge is 0.480 e. The lowest BCUT2D eigenvalue weighted by Crippen LogP contribution is -2.45. The van der Waals surface area contributed by atoms with Crippen molar-refractivity contribution in [3.63, 3.8) is 0 Å². The van der Waals surface area contributed by atoms with Gasteiger partial charge >= 0.3 is 5.97 Å². The zero-order chi connectivity index (χ0) is 22.3. The van der Waals surface area contributed by atoms with Gasteiger partial charge in [0.05, 0.1) is 18.0 Å². The molecule has 32 heavy (non-hydrogen) atoms. The second-order valence-electron chi connectivity index (χ2n) is 8.45. The van der Waals surface area contributed by atoms with Gasteiger partial charge in [-0.05, 0) is 43.2 Å².